The third kappa shape index (κ3) is 4.19. The summed E-state index contributed by atoms with van der Waals surface area (Å²) in [6.07, 6.45) is 0. The fraction of sp³-hybridized carbons (Fsp3) is 0.292. The smallest absolute Gasteiger partial charge is 0.262 e. The number of nitrogens with zero attached hydrogens (tertiary/aromatic N) is 3. The lowest BCUT2D eigenvalue weighted by molar-refractivity contribution is -0.118. The van der Waals surface area contributed by atoms with E-state index in [4.69, 9.17) is 21.1 Å². The highest BCUT2D eigenvalue weighted by Crippen LogP contribution is 2.34. The zero-order valence-electron chi connectivity index (χ0n) is 18.6. The van der Waals surface area contributed by atoms with Crippen LogP contribution < -0.4 is 14.8 Å². The van der Waals surface area contributed by atoms with E-state index in [-0.39, 0.29) is 29.7 Å². The van der Waals surface area contributed by atoms with Crippen LogP contribution in [0.15, 0.2) is 36.4 Å². The highest BCUT2D eigenvalue weighted by Gasteiger charge is 2.34. The van der Waals surface area contributed by atoms with E-state index < -0.39 is 11.7 Å². The number of ether oxygens (including phenoxy) is 2. The van der Waals surface area contributed by atoms with Gasteiger partial charge < -0.3 is 19.7 Å². The molecule has 0 unspecified atom stereocenters. The van der Waals surface area contributed by atoms with E-state index in [1.54, 1.807) is 15.6 Å². The van der Waals surface area contributed by atoms with Gasteiger partial charge in [0.05, 0.1) is 23.6 Å². The molecule has 2 amide bonds. The Balaban J connectivity index is 1.23. The average molecular weight is 485 g/mol. The summed E-state index contributed by atoms with van der Waals surface area (Å²) < 4.78 is 27.5. The van der Waals surface area contributed by atoms with Crippen molar-refractivity contribution in [2.75, 3.05) is 31.6 Å². The van der Waals surface area contributed by atoms with E-state index >= 15 is 0 Å². The van der Waals surface area contributed by atoms with Gasteiger partial charge >= 0.3 is 0 Å². The summed E-state index contributed by atoms with van der Waals surface area (Å²) in [7, 11) is 1.87. The summed E-state index contributed by atoms with van der Waals surface area (Å²) in [5, 5.41) is 7.69. The number of hydrogen-bond donors (Lipinski definition) is 1. The molecule has 2 aliphatic heterocycles. The van der Waals surface area contributed by atoms with Crippen LogP contribution in [-0.2, 0) is 11.8 Å². The maximum absolute atomic E-state index is 14.5. The second-order valence-corrected chi connectivity index (χ2v) is 8.92. The maximum Gasteiger partial charge on any atom is 0.262 e. The predicted octanol–water partition coefficient (Wildman–Crippen LogP) is 3.67. The lowest BCUT2D eigenvalue weighted by Gasteiger charge is -2.39. The lowest BCUT2D eigenvalue weighted by Crippen LogP contribution is -2.52. The summed E-state index contributed by atoms with van der Waals surface area (Å²) in [5.41, 5.74) is 2.76. The Bertz CT molecular complexity index is 1280. The molecule has 0 atom stereocenters. The number of amides is 2. The zero-order valence-corrected chi connectivity index (χ0v) is 19.4. The summed E-state index contributed by atoms with van der Waals surface area (Å²) in [6.45, 7) is 3.05. The number of carbonyl (C=O) groups excluding carboxylic acids is 2. The van der Waals surface area contributed by atoms with Gasteiger partial charge in [-0.2, -0.15) is 5.10 Å². The molecule has 2 aromatic carbocycles. The van der Waals surface area contributed by atoms with Crippen LogP contribution in [0.1, 0.15) is 16.1 Å². The Kier molecular flexibility index (Phi) is 5.65. The summed E-state index contributed by atoms with van der Waals surface area (Å²) in [6, 6.07) is 9.79. The first-order valence-electron chi connectivity index (χ1n) is 10.8. The van der Waals surface area contributed by atoms with Crippen molar-refractivity contribution in [3.8, 4) is 22.8 Å². The molecule has 34 heavy (non-hydrogen) atoms. The Hall–Kier alpha value is -3.59. The molecule has 5 rings (SSSR count). The van der Waals surface area contributed by atoms with Gasteiger partial charge in [0.15, 0.2) is 6.61 Å². The number of nitrogens with one attached hydrogen (secondary N) is 1. The first-order chi connectivity index (χ1) is 16.3. The van der Waals surface area contributed by atoms with Crippen LogP contribution >= 0.6 is 11.6 Å². The number of hydrogen-bond acceptors (Lipinski definition) is 5. The number of fused-ring (bicyclic) bond motifs is 1. The van der Waals surface area contributed by atoms with Crippen LogP contribution in [0.25, 0.3) is 11.3 Å². The molecule has 10 heteroatoms. The van der Waals surface area contributed by atoms with Crippen molar-refractivity contribution >= 4 is 29.1 Å². The number of benzene rings is 2. The third-order valence-corrected chi connectivity index (χ3v) is 6.22. The first kappa shape index (κ1) is 22.2. The summed E-state index contributed by atoms with van der Waals surface area (Å²) >= 11 is 6.20. The molecule has 0 spiro atoms. The third-order valence-electron chi connectivity index (χ3n) is 5.98. The van der Waals surface area contributed by atoms with E-state index in [1.165, 1.54) is 6.07 Å². The normalized spacial score (nSPS) is 15.3. The van der Waals surface area contributed by atoms with Gasteiger partial charge in [-0.05, 0) is 37.3 Å². The van der Waals surface area contributed by atoms with Gasteiger partial charge in [-0.1, -0.05) is 11.6 Å². The number of carbonyl (C=O) groups is 2. The molecular weight excluding hydrogens is 463 g/mol. The second kappa shape index (κ2) is 8.64. The Morgan fingerprint density at radius 1 is 1.29 bits per heavy atom. The minimum Gasteiger partial charge on any atom is -0.492 e. The van der Waals surface area contributed by atoms with Crippen molar-refractivity contribution in [1.29, 1.82) is 0 Å². The Labute approximate surface area is 200 Å². The molecule has 2 aliphatic rings. The van der Waals surface area contributed by atoms with Crippen LogP contribution in [0.2, 0.25) is 5.02 Å². The second-order valence-electron chi connectivity index (χ2n) is 8.49. The van der Waals surface area contributed by atoms with Crippen LogP contribution in [0, 0.1) is 18.7 Å². The predicted molar refractivity (Wildman–Crippen MR) is 124 cm³/mol. The molecule has 8 nitrogen and oxygen atoms in total. The van der Waals surface area contributed by atoms with Crippen LogP contribution in [0.4, 0.5) is 10.1 Å². The molecule has 0 radical (unpaired) electrons. The van der Waals surface area contributed by atoms with Crippen molar-refractivity contribution in [3.05, 3.63) is 58.5 Å². The molecule has 1 fully saturated rings. The van der Waals surface area contributed by atoms with Gasteiger partial charge in [0.25, 0.3) is 11.8 Å². The number of aryl methyl sites for hydroxylation is 2. The van der Waals surface area contributed by atoms with Crippen molar-refractivity contribution in [2.24, 2.45) is 13.0 Å². The van der Waals surface area contributed by atoms with Crippen LogP contribution in [0.5, 0.6) is 11.5 Å². The topological polar surface area (TPSA) is 85.7 Å². The van der Waals surface area contributed by atoms with Gasteiger partial charge in [-0.3, -0.25) is 14.3 Å². The Morgan fingerprint density at radius 3 is 2.82 bits per heavy atom. The van der Waals surface area contributed by atoms with Crippen LogP contribution in [-0.4, -0.2) is 52.8 Å². The largest absolute Gasteiger partial charge is 0.492 e. The highest BCUT2D eigenvalue weighted by molar-refractivity contribution is 6.31. The van der Waals surface area contributed by atoms with Gasteiger partial charge in [0.2, 0.25) is 0 Å². The number of likely N-dealkylation sites (tertiary alicyclic amines) is 1. The van der Waals surface area contributed by atoms with Crippen molar-refractivity contribution in [2.45, 2.75) is 6.92 Å². The van der Waals surface area contributed by atoms with Crippen LogP contribution in [0.3, 0.4) is 0 Å². The van der Waals surface area contributed by atoms with Gasteiger partial charge in [0, 0.05) is 48.4 Å². The molecule has 3 heterocycles. The fourth-order valence-electron chi connectivity index (χ4n) is 4.01. The minimum absolute atomic E-state index is 0.0988. The SMILES string of the molecule is Cc1cc(-c2cc(Cl)ccc2OCC2CN(C(=O)c3cc4c(cc3F)OCC(=O)N4)C2)nn1C. The number of anilines is 1. The van der Waals surface area contributed by atoms with Crippen molar-refractivity contribution < 1.29 is 23.5 Å². The zero-order chi connectivity index (χ0) is 24.0. The lowest BCUT2D eigenvalue weighted by atomic mass is 9.99. The first-order valence-corrected chi connectivity index (χ1v) is 11.1. The molecule has 1 aromatic heterocycles. The molecule has 176 valence electrons. The maximum atomic E-state index is 14.5. The van der Waals surface area contributed by atoms with Gasteiger partial charge in [-0.25, -0.2) is 4.39 Å². The number of rotatable bonds is 5. The molecule has 1 N–H and O–H groups in total. The van der Waals surface area contributed by atoms with Crippen molar-refractivity contribution in [3.63, 3.8) is 0 Å². The highest BCUT2D eigenvalue weighted by atomic mass is 35.5. The van der Waals surface area contributed by atoms with E-state index in [1.807, 2.05) is 32.2 Å². The molecule has 0 bridgehead atoms. The van der Waals surface area contributed by atoms with Gasteiger partial charge in [-0.15, -0.1) is 0 Å². The molecule has 0 saturated carbocycles. The summed E-state index contributed by atoms with van der Waals surface area (Å²) in [4.78, 5) is 25.9. The number of aromatic nitrogens is 2. The molecule has 3 aromatic rings. The van der Waals surface area contributed by atoms with E-state index in [0.717, 1.165) is 23.0 Å². The molecular formula is C24H22ClFN4O4. The minimum atomic E-state index is -0.684. The van der Waals surface area contributed by atoms with Crippen molar-refractivity contribution in [1.82, 2.24) is 14.7 Å². The fourth-order valence-corrected chi connectivity index (χ4v) is 4.18. The number of halogens is 2. The van der Waals surface area contributed by atoms with E-state index in [2.05, 4.69) is 10.4 Å². The molecule has 1 saturated heterocycles. The monoisotopic (exact) mass is 484 g/mol. The van der Waals surface area contributed by atoms with E-state index in [0.29, 0.717) is 36.2 Å². The Morgan fingerprint density at radius 2 is 2.09 bits per heavy atom. The standard InChI is InChI=1S/C24H22ClFN4O4/c1-13-5-19(28-29(13)2)17-6-15(25)3-4-21(17)33-11-14-9-30(10-14)24(32)16-7-20-22(8-18(16)26)34-12-23(31)27-20/h3-8,14H,9-12H2,1-2H3,(H,27,31). The van der Waals surface area contributed by atoms with E-state index in [9.17, 15) is 14.0 Å². The summed E-state index contributed by atoms with van der Waals surface area (Å²) in [5.74, 6) is -0.500. The van der Waals surface area contributed by atoms with Gasteiger partial charge in [0.1, 0.15) is 17.3 Å². The molecule has 0 aliphatic carbocycles. The average Bonchev–Trinajstić information content (AvgIpc) is 3.11. The quantitative estimate of drug-likeness (QED) is 0.597.